The van der Waals surface area contributed by atoms with Crippen molar-refractivity contribution in [1.29, 1.82) is 0 Å². The highest BCUT2D eigenvalue weighted by atomic mass is 19.4. The fraction of sp³-hybridized carbons (Fsp3) is 0.320. The molecule has 0 aliphatic rings. The molecule has 0 spiro atoms. The van der Waals surface area contributed by atoms with Gasteiger partial charge in [-0.2, -0.15) is 13.2 Å². The number of fused-ring (bicyclic) bond motifs is 1. The lowest BCUT2D eigenvalue weighted by molar-refractivity contribution is -0.260. The van der Waals surface area contributed by atoms with Crippen LogP contribution in [0.2, 0.25) is 0 Å². The highest BCUT2D eigenvalue weighted by molar-refractivity contribution is 5.98. The first-order chi connectivity index (χ1) is 17.2. The number of aromatic nitrogens is 1. The quantitative estimate of drug-likeness (QED) is 0.222. The summed E-state index contributed by atoms with van der Waals surface area (Å²) in [6.07, 6.45) is -7.18. The molecule has 0 saturated carbocycles. The number of nitrogens with two attached hydrogens (primary N) is 1. The fourth-order valence-corrected chi connectivity index (χ4v) is 4.11. The van der Waals surface area contributed by atoms with Gasteiger partial charge in [-0.15, -0.1) is 0 Å². The van der Waals surface area contributed by atoms with Crippen molar-refractivity contribution in [3.63, 3.8) is 0 Å². The molecule has 1 atom stereocenters. The second kappa shape index (κ2) is 10.2. The Hall–Kier alpha value is -3.93. The van der Waals surface area contributed by atoms with Crippen molar-refractivity contribution in [2.45, 2.75) is 37.5 Å². The van der Waals surface area contributed by atoms with Crippen LogP contribution in [0.3, 0.4) is 0 Å². The first-order valence-electron chi connectivity index (χ1n) is 11.0. The van der Waals surface area contributed by atoms with E-state index in [-0.39, 0.29) is 28.2 Å². The third kappa shape index (κ3) is 6.08. The zero-order valence-corrected chi connectivity index (χ0v) is 20.1. The highest BCUT2D eigenvalue weighted by Crippen LogP contribution is 2.44. The van der Waals surface area contributed by atoms with Crippen molar-refractivity contribution in [2.24, 2.45) is 5.73 Å². The zero-order chi connectivity index (χ0) is 27.6. The van der Waals surface area contributed by atoms with Crippen molar-refractivity contribution in [3.05, 3.63) is 65.6 Å². The average molecular weight is 523 g/mol. The molecule has 0 radical (unpaired) electrons. The van der Waals surface area contributed by atoms with Gasteiger partial charge in [-0.05, 0) is 54.3 Å². The summed E-state index contributed by atoms with van der Waals surface area (Å²) in [6, 6.07) is 10.6. The van der Waals surface area contributed by atoms with Gasteiger partial charge in [0, 0.05) is 16.6 Å². The van der Waals surface area contributed by atoms with Crippen LogP contribution in [-0.2, 0) is 10.2 Å². The fourth-order valence-electron chi connectivity index (χ4n) is 4.11. The first kappa shape index (κ1) is 27.7. The number of methoxy groups -OCH3 is 1. The van der Waals surface area contributed by atoms with Crippen LogP contribution in [0.5, 0.6) is 5.75 Å². The van der Waals surface area contributed by atoms with Crippen molar-refractivity contribution in [1.82, 2.24) is 4.98 Å². The van der Waals surface area contributed by atoms with Crippen molar-refractivity contribution < 1.29 is 41.7 Å². The molecule has 198 valence electrons. The number of alkyl halides is 3. The van der Waals surface area contributed by atoms with Gasteiger partial charge in [-0.1, -0.05) is 19.9 Å². The van der Waals surface area contributed by atoms with Crippen LogP contribution >= 0.6 is 0 Å². The molecule has 37 heavy (non-hydrogen) atoms. The summed E-state index contributed by atoms with van der Waals surface area (Å²) >= 11 is 0. The van der Waals surface area contributed by atoms with Gasteiger partial charge < -0.3 is 25.6 Å². The van der Waals surface area contributed by atoms with Crippen LogP contribution in [0.15, 0.2) is 48.5 Å². The summed E-state index contributed by atoms with van der Waals surface area (Å²) < 4.78 is 65.9. The number of carbonyl (C=O) groups is 2. The Morgan fingerprint density at radius 3 is 2.43 bits per heavy atom. The molecule has 0 fully saturated rings. The van der Waals surface area contributed by atoms with E-state index in [1.807, 2.05) is 0 Å². The number of ether oxygens (including phenoxy) is 2. The van der Waals surface area contributed by atoms with E-state index in [9.17, 15) is 32.3 Å². The zero-order valence-electron chi connectivity index (χ0n) is 20.1. The number of carbonyl (C=O) groups excluding carboxylic acids is 2. The minimum Gasteiger partial charge on any atom is -0.496 e. The Bertz CT molecular complexity index is 1330. The van der Waals surface area contributed by atoms with Crippen LogP contribution in [0.25, 0.3) is 10.9 Å². The molecule has 1 aromatic heterocycles. The first-order valence-corrected chi connectivity index (χ1v) is 11.0. The van der Waals surface area contributed by atoms with E-state index in [0.29, 0.717) is 5.39 Å². The molecule has 12 heteroatoms. The standard InChI is InChI=1S/C25H25F4N3O5/c1-23(2,16-11-14(26)7-10-20(16)36-3)12-24(35,25(27,28)29)13-31-17-5-4-6-18-15(17)8-9-19(32-18)21(33)37-22(30)34/h4-11,31,35H,12-13H2,1-3H3,(H2,30,34). The Morgan fingerprint density at radius 1 is 1.11 bits per heavy atom. The molecule has 1 heterocycles. The topological polar surface area (TPSA) is 124 Å². The number of pyridine rings is 1. The molecule has 1 amide bonds. The number of anilines is 1. The van der Waals surface area contributed by atoms with Gasteiger partial charge in [0.25, 0.3) is 0 Å². The van der Waals surface area contributed by atoms with Gasteiger partial charge in [0.15, 0.2) is 5.60 Å². The summed E-state index contributed by atoms with van der Waals surface area (Å²) in [7, 11) is 1.32. The maximum Gasteiger partial charge on any atom is 0.418 e. The Balaban J connectivity index is 1.91. The number of hydrogen-bond donors (Lipinski definition) is 3. The number of esters is 1. The van der Waals surface area contributed by atoms with Gasteiger partial charge in [0.1, 0.15) is 17.3 Å². The number of hydrogen-bond acceptors (Lipinski definition) is 7. The molecule has 4 N–H and O–H groups in total. The molecule has 0 bridgehead atoms. The van der Waals surface area contributed by atoms with Gasteiger partial charge in [0.2, 0.25) is 0 Å². The average Bonchev–Trinajstić information content (AvgIpc) is 2.81. The van der Waals surface area contributed by atoms with Crippen molar-refractivity contribution in [3.8, 4) is 5.75 Å². The monoisotopic (exact) mass is 523 g/mol. The van der Waals surface area contributed by atoms with Gasteiger partial charge in [-0.3, -0.25) is 0 Å². The molecule has 0 saturated heterocycles. The molecule has 3 aromatic rings. The summed E-state index contributed by atoms with van der Waals surface area (Å²) in [6.45, 7) is 1.97. The molecule has 2 aromatic carbocycles. The molecule has 0 aliphatic heterocycles. The van der Waals surface area contributed by atoms with E-state index >= 15 is 0 Å². The number of primary amides is 1. The lowest BCUT2D eigenvalue weighted by Crippen LogP contribution is -2.53. The van der Waals surface area contributed by atoms with E-state index in [4.69, 9.17) is 10.5 Å². The normalized spacial score (nSPS) is 13.6. The van der Waals surface area contributed by atoms with E-state index in [2.05, 4.69) is 15.0 Å². The molecule has 3 rings (SSSR count). The van der Waals surface area contributed by atoms with Crippen molar-refractivity contribution >= 4 is 28.7 Å². The summed E-state index contributed by atoms with van der Waals surface area (Å²) in [5, 5.41) is 13.8. The second-order valence-electron chi connectivity index (χ2n) is 9.07. The van der Waals surface area contributed by atoms with Crippen LogP contribution in [0.4, 0.5) is 28.0 Å². The van der Waals surface area contributed by atoms with E-state index in [0.717, 1.165) is 12.1 Å². The lowest BCUT2D eigenvalue weighted by Gasteiger charge is -2.38. The van der Waals surface area contributed by atoms with Crippen LogP contribution in [0.1, 0.15) is 36.3 Å². The maximum absolute atomic E-state index is 14.2. The predicted octanol–water partition coefficient (Wildman–Crippen LogP) is 4.69. The van der Waals surface area contributed by atoms with Crippen LogP contribution in [-0.4, -0.2) is 47.6 Å². The SMILES string of the molecule is COc1ccc(F)cc1C(C)(C)CC(O)(CNc1cccc2nc(C(=O)OC(N)=O)ccc12)C(F)(F)F. The number of benzene rings is 2. The van der Waals surface area contributed by atoms with Gasteiger partial charge in [0.05, 0.1) is 19.2 Å². The molecule has 0 aliphatic carbocycles. The van der Waals surface area contributed by atoms with Crippen molar-refractivity contribution in [2.75, 3.05) is 19.0 Å². The second-order valence-corrected chi connectivity index (χ2v) is 9.07. The molecular formula is C25H25F4N3O5. The number of aliphatic hydroxyl groups is 1. The summed E-state index contributed by atoms with van der Waals surface area (Å²) in [5.41, 5.74) is 0.591. The smallest absolute Gasteiger partial charge is 0.418 e. The van der Waals surface area contributed by atoms with Gasteiger partial charge >= 0.3 is 18.2 Å². The lowest BCUT2D eigenvalue weighted by atomic mass is 9.74. The number of nitrogens with one attached hydrogen (secondary N) is 1. The predicted molar refractivity (Wildman–Crippen MR) is 127 cm³/mol. The van der Waals surface area contributed by atoms with Gasteiger partial charge in [-0.25, -0.2) is 19.0 Å². The number of rotatable bonds is 8. The summed E-state index contributed by atoms with van der Waals surface area (Å²) in [5.74, 6) is -1.55. The summed E-state index contributed by atoms with van der Waals surface area (Å²) in [4.78, 5) is 26.7. The highest BCUT2D eigenvalue weighted by Gasteiger charge is 2.56. The molecule has 1 unspecified atom stereocenters. The van der Waals surface area contributed by atoms with E-state index in [1.54, 1.807) is 0 Å². The Morgan fingerprint density at radius 2 is 1.81 bits per heavy atom. The minimum atomic E-state index is -5.05. The van der Waals surface area contributed by atoms with Crippen LogP contribution < -0.4 is 15.8 Å². The maximum atomic E-state index is 14.2. The minimum absolute atomic E-state index is 0.169. The van der Waals surface area contributed by atoms with Crippen LogP contribution in [0, 0.1) is 5.82 Å². The molecule has 8 nitrogen and oxygen atoms in total. The number of halogens is 4. The number of amides is 1. The molecular weight excluding hydrogens is 498 g/mol. The largest absolute Gasteiger partial charge is 0.496 e. The Kier molecular flexibility index (Phi) is 7.63. The third-order valence-electron chi connectivity index (χ3n) is 5.86. The third-order valence-corrected chi connectivity index (χ3v) is 5.86. The Labute approximate surface area is 209 Å². The van der Waals surface area contributed by atoms with E-state index in [1.165, 1.54) is 57.4 Å². The number of nitrogens with zero attached hydrogens (tertiary/aromatic N) is 1. The van der Waals surface area contributed by atoms with E-state index < -0.39 is 48.0 Å².